The van der Waals surface area contributed by atoms with Gasteiger partial charge in [-0.3, -0.25) is 0 Å². The number of nitrogens with zero attached hydrogens (tertiary/aromatic N) is 1. The Morgan fingerprint density at radius 1 is 1.25 bits per heavy atom. The molecule has 1 aliphatic rings. The number of ether oxygens (including phenoxy) is 2. The van der Waals surface area contributed by atoms with Crippen molar-refractivity contribution in [2.45, 2.75) is 6.54 Å². The summed E-state index contributed by atoms with van der Waals surface area (Å²) in [5.74, 6) is 1.27. The average Bonchev–Trinajstić information content (AvgIpc) is 2.94. The van der Waals surface area contributed by atoms with Gasteiger partial charge < -0.3 is 14.8 Å². The largest absolute Gasteiger partial charge is 0.454 e. The van der Waals surface area contributed by atoms with E-state index in [1.54, 1.807) is 12.1 Å². The van der Waals surface area contributed by atoms with Crippen molar-refractivity contribution >= 4 is 17.3 Å². The van der Waals surface area contributed by atoms with E-state index in [0.29, 0.717) is 28.6 Å². The topological polar surface area (TPSA) is 54.3 Å². The van der Waals surface area contributed by atoms with Crippen molar-refractivity contribution in [1.82, 2.24) is 0 Å². The molecule has 1 aliphatic heterocycles. The second kappa shape index (κ2) is 5.32. The zero-order chi connectivity index (χ0) is 13.9. The van der Waals surface area contributed by atoms with Crippen LogP contribution in [-0.2, 0) is 6.54 Å². The first-order valence-corrected chi connectivity index (χ1v) is 6.46. The van der Waals surface area contributed by atoms with Crippen LogP contribution < -0.4 is 14.8 Å². The van der Waals surface area contributed by atoms with E-state index in [1.165, 1.54) is 0 Å². The molecule has 4 nitrogen and oxygen atoms in total. The van der Waals surface area contributed by atoms with Crippen molar-refractivity contribution < 1.29 is 9.47 Å². The van der Waals surface area contributed by atoms with Gasteiger partial charge in [0.25, 0.3) is 0 Å². The summed E-state index contributed by atoms with van der Waals surface area (Å²) in [6.07, 6.45) is 0. The van der Waals surface area contributed by atoms with E-state index in [0.717, 1.165) is 11.3 Å². The molecule has 20 heavy (non-hydrogen) atoms. The predicted octanol–water partition coefficient (Wildman–Crippen LogP) is 3.55. The van der Waals surface area contributed by atoms with Crippen LogP contribution in [-0.4, -0.2) is 6.79 Å². The van der Waals surface area contributed by atoms with E-state index in [-0.39, 0.29) is 6.79 Å². The van der Waals surface area contributed by atoms with Gasteiger partial charge in [0.15, 0.2) is 11.5 Å². The summed E-state index contributed by atoms with van der Waals surface area (Å²) in [6, 6.07) is 13.2. The van der Waals surface area contributed by atoms with E-state index in [4.69, 9.17) is 26.3 Å². The molecule has 0 radical (unpaired) electrons. The third-order valence-electron chi connectivity index (χ3n) is 2.98. The zero-order valence-electron chi connectivity index (χ0n) is 10.5. The number of nitriles is 1. The molecule has 1 heterocycles. The quantitative estimate of drug-likeness (QED) is 0.937. The van der Waals surface area contributed by atoms with Crippen molar-refractivity contribution in [1.29, 1.82) is 5.26 Å². The normalized spacial score (nSPS) is 12.0. The Bertz CT molecular complexity index is 695. The Balaban J connectivity index is 1.75. The first-order chi connectivity index (χ1) is 9.76. The molecule has 0 amide bonds. The first-order valence-electron chi connectivity index (χ1n) is 6.08. The van der Waals surface area contributed by atoms with Gasteiger partial charge in [-0.05, 0) is 35.9 Å². The van der Waals surface area contributed by atoms with E-state index in [9.17, 15) is 0 Å². The highest BCUT2D eigenvalue weighted by atomic mass is 35.5. The van der Waals surface area contributed by atoms with Crippen LogP contribution in [0.25, 0.3) is 0 Å². The maximum Gasteiger partial charge on any atom is 0.231 e. The summed E-state index contributed by atoms with van der Waals surface area (Å²) in [4.78, 5) is 0. The lowest BCUT2D eigenvalue weighted by Gasteiger charge is -2.08. The van der Waals surface area contributed by atoms with Gasteiger partial charge in [-0.1, -0.05) is 17.7 Å². The molecule has 0 atom stereocenters. The second-order valence-corrected chi connectivity index (χ2v) is 4.76. The molecule has 0 fully saturated rings. The standard InChI is InChI=1S/C15H11ClN2O2/c16-13-5-11(6-14-15(13)20-9-19-14)8-18-12-3-1-2-10(4-12)7-17/h1-6,18H,8-9H2. The summed E-state index contributed by atoms with van der Waals surface area (Å²) >= 11 is 6.13. The third kappa shape index (κ3) is 2.49. The Hall–Kier alpha value is -2.38. The smallest absolute Gasteiger partial charge is 0.231 e. The molecule has 2 aromatic carbocycles. The highest BCUT2D eigenvalue weighted by Gasteiger charge is 2.18. The summed E-state index contributed by atoms with van der Waals surface area (Å²) in [7, 11) is 0. The molecular formula is C15H11ClN2O2. The van der Waals surface area contributed by atoms with Gasteiger partial charge >= 0.3 is 0 Å². The number of halogens is 1. The van der Waals surface area contributed by atoms with E-state index >= 15 is 0 Å². The van der Waals surface area contributed by atoms with Crippen molar-refractivity contribution in [2.75, 3.05) is 12.1 Å². The average molecular weight is 287 g/mol. The maximum atomic E-state index is 8.86. The van der Waals surface area contributed by atoms with Crippen LogP contribution in [0.15, 0.2) is 36.4 Å². The molecule has 0 aliphatic carbocycles. The van der Waals surface area contributed by atoms with Gasteiger partial charge in [0.1, 0.15) is 0 Å². The van der Waals surface area contributed by atoms with Crippen molar-refractivity contribution in [3.8, 4) is 17.6 Å². The number of hydrogen-bond acceptors (Lipinski definition) is 4. The monoisotopic (exact) mass is 286 g/mol. The first kappa shape index (κ1) is 12.6. The van der Waals surface area contributed by atoms with Gasteiger partial charge in [-0.2, -0.15) is 5.26 Å². The molecular weight excluding hydrogens is 276 g/mol. The van der Waals surface area contributed by atoms with Crippen molar-refractivity contribution in [3.05, 3.63) is 52.5 Å². The molecule has 0 spiro atoms. The number of benzene rings is 2. The molecule has 0 saturated heterocycles. The molecule has 0 saturated carbocycles. The zero-order valence-corrected chi connectivity index (χ0v) is 11.3. The second-order valence-electron chi connectivity index (χ2n) is 4.36. The molecule has 1 N–H and O–H groups in total. The third-order valence-corrected chi connectivity index (χ3v) is 3.26. The lowest BCUT2D eigenvalue weighted by Crippen LogP contribution is -1.99. The Kier molecular flexibility index (Phi) is 3.36. The van der Waals surface area contributed by atoms with Gasteiger partial charge in [-0.15, -0.1) is 0 Å². The SMILES string of the molecule is N#Cc1cccc(NCc2cc(Cl)c3c(c2)OCO3)c1. The fraction of sp³-hybridized carbons (Fsp3) is 0.133. The van der Waals surface area contributed by atoms with Crippen molar-refractivity contribution in [2.24, 2.45) is 0 Å². The van der Waals surface area contributed by atoms with Gasteiger partial charge in [0.05, 0.1) is 16.7 Å². The number of nitrogens with one attached hydrogen (secondary N) is 1. The van der Waals surface area contributed by atoms with Crippen LogP contribution in [0.4, 0.5) is 5.69 Å². The minimum atomic E-state index is 0.205. The summed E-state index contributed by atoms with van der Waals surface area (Å²) < 4.78 is 10.6. The number of rotatable bonds is 3. The van der Waals surface area contributed by atoms with E-state index in [2.05, 4.69) is 11.4 Å². The van der Waals surface area contributed by atoms with Gasteiger partial charge in [-0.25, -0.2) is 0 Å². The molecule has 0 unspecified atom stereocenters. The van der Waals surface area contributed by atoms with E-state index < -0.39 is 0 Å². The summed E-state index contributed by atoms with van der Waals surface area (Å²) in [6.45, 7) is 0.793. The van der Waals surface area contributed by atoms with Crippen LogP contribution in [0, 0.1) is 11.3 Å². The van der Waals surface area contributed by atoms with Crippen LogP contribution in [0.3, 0.4) is 0 Å². The van der Waals surface area contributed by atoms with Gasteiger partial charge in [0, 0.05) is 12.2 Å². The van der Waals surface area contributed by atoms with Gasteiger partial charge in [0.2, 0.25) is 6.79 Å². The van der Waals surface area contributed by atoms with Crippen LogP contribution in [0.1, 0.15) is 11.1 Å². The molecule has 100 valence electrons. The fourth-order valence-electron chi connectivity index (χ4n) is 2.03. The fourth-order valence-corrected chi connectivity index (χ4v) is 2.31. The molecule has 0 aromatic heterocycles. The summed E-state index contributed by atoms with van der Waals surface area (Å²) in [5.41, 5.74) is 2.50. The minimum absolute atomic E-state index is 0.205. The molecule has 3 rings (SSSR count). The Morgan fingerprint density at radius 3 is 3.00 bits per heavy atom. The predicted molar refractivity (Wildman–Crippen MR) is 76.1 cm³/mol. The maximum absolute atomic E-state index is 8.86. The number of fused-ring (bicyclic) bond motifs is 1. The van der Waals surface area contributed by atoms with E-state index in [1.807, 2.05) is 24.3 Å². The number of anilines is 1. The highest BCUT2D eigenvalue weighted by molar-refractivity contribution is 6.32. The highest BCUT2D eigenvalue weighted by Crippen LogP contribution is 2.39. The van der Waals surface area contributed by atoms with Crippen LogP contribution in [0.5, 0.6) is 11.5 Å². The molecule has 5 heteroatoms. The minimum Gasteiger partial charge on any atom is -0.454 e. The lowest BCUT2D eigenvalue weighted by atomic mass is 10.2. The molecule has 2 aromatic rings. The van der Waals surface area contributed by atoms with Crippen LogP contribution in [0.2, 0.25) is 5.02 Å². The Labute approximate surface area is 121 Å². The van der Waals surface area contributed by atoms with Crippen molar-refractivity contribution in [3.63, 3.8) is 0 Å². The number of hydrogen-bond donors (Lipinski definition) is 1. The summed E-state index contributed by atoms with van der Waals surface area (Å²) in [5, 5.41) is 12.7. The van der Waals surface area contributed by atoms with Crippen LogP contribution >= 0.6 is 11.6 Å². The molecule has 0 bridgehead atoms. The Morgan fingerprint density at radius 2 is 2.15 bits per heavy atom. The lowest BCUT2D eigenvalue weighted by molar-refractivity contribution is 0.174.